The molecule has 3 aromatic rings. The molecule has 0 aliphatic heterocycles. The van der Waals surface area contributed by atoms with Crippen LogP contribution in [-0.2, 0) is 10.8 Å². The fourth-order valence-electron chi connectivity index (χ4n) is 2.78. The van der Waals surface area contributed by atoms with E-state index in [0.717, 1.165) is 16.3 Å². The summed E-state index contributed by atoms with van der Waals surface area (Å²) in [5.41, 5.74) is 3.89. The van der Waals surface area contributed by atoms with Gasteiger partial charge in [-0.1, -0.05) is 59.7 Å². The van der Waals surface area contributed by atoms with Crippen molar-refractivity contribution in [1.82, 2.24) is 9.55 Å². The molecule has 0 saturated heterocycles. The maximum absolute atomic E-state index is 4.79. The van der Waals surface area contributed by atoms with E-state index in [1.54, 1.807) is 17.5 Å². The maximum Gasteiger partial charge on any atom is 0.196 e. The van der Waals surface area contributed by atoms with Crippen LogP contribution in [0.15, 0.2) is 59.0 Å². The van der Waals surface area contributed by atoms with Gasteiger partial charge in [-0.15, -0.1) is 11.3 Å². The summed E-state index contributed by atoms with van der Waals surface area (Å²) in [7, 11) is 0. The summed E-state index contributed by atoms with van der Waals surface area (Å²) in [5.74, 6) is 0.731. The Morgan fingerprint density at radius 2 is 1.58 bits per heavy atom. The van der Waals surface area contributed by atoms with Crippen LogP contribution in [0.2, 0.25) is 0 Å². The van der Waals surface area contributed by atoms with Crippen molar-refractivity contribution in [2.75, 3.05) is 0 Å². The molecule has 0 aliphatic carbocycles. The summed E-state index contributed by atoms with van der Waals surface area (Å²) in [6, 6.07) is 14.6. The van der Waals surface area contributed by atoms with Gasteiger partial charge in [0.25, 0.3) is 0 Å². The minimum atomic E-state index is 0.0249. The average molecular weight is 366 g/mol. The van der Waals surface area contributed by atoms with Crippen LogP contribution >= 0.6 is 11.3 Å². The number of hydrogen-bond donors (Lipinski definition) is 0. The van der Waals surface area contributed by atoms with E-state index in [4.69, 9.17) is 4.99 Å². The van der Waals surface area contributed by atoms with Gasteiger partial charge in [-0.25, -0.2) is 9.98 Å². The van der Waals surface area contributed by atoms with Gasteiger partial charge in [-0.2, -0.15) is 0 Å². The highest BCUT2D eigenvalue weighted by Gasteiger charge is 2.21. The Hall–Kier alpha value is -2.20. The molecule has 1 aromatic carbocycles. The Labute approximate surface area is 160 Å². The highest BCUT2D eigenvalue weighted by molar-refractivity contribution is 7.07. The SMILES string of the molecule is CC(C)(C)c1ccc(-n2c(C(C)(C)C)csc2=Nc2ccccn2)cc1. The van der Waals surface area contributed by atoms with Gasteiger partial charge in [0.2, 0.25) is 0 Å². The van der Waals surface area contributed by atoms with Crippen molar-refractivity contribution in [3.63, 3.8) is 0 Å². The van der Waals surface area contributed by atoms with E-state index in [9.17, 15) is 0 Å². The molecule has 0 unspecified atom stereocenters. The topological polar surface area (TPSA) is 30.2 Å². The number of benzene rings is 1. The summed E-state index contributed by atoms with van der Waals surface area (Å²) in [6.45, 7) is 13.4. The molecule has 2 aromatic heterocycles. The van der Waals surface area contributed by atoms with Gasteiger partial charge in [0.1, 0.15) is 0 Å². The molecule has 3 rings (SSSR count). The van der Waals surface area contributed by atoms with E-state index in [1.165, 1.54) is 11.3 Å². The summed E-state index contributed by atoms with van der Waals surface area (Å²) in [4.78, 5) is 10.1. The van der Waals surface area contributed by atoms with Crippen LogP contribution in [0.4, 0.5) is 5.82 Å². The Morgan fingerprint density at radius 1 is 0.885 bits per heavy atom. The lowest BCUT2D eigenvalue weighted by molar-refractivity contribution is 0.552. The molecule has 26 heavy (non-hydrogen) atoms. The van der Waals surface area contributed by atoms with Gasteiger partial charge >= 0.3 is 0 Å². The molecular weight excluding hydrogens is 338 g/mol. The molecule has 0 aliphatic rings. The lowest BCUT2D eigenvalue weighted by atomic mass is 9.87. The molecule has 136 valence electrons. The Balaban J connectivity index is 2.18. The smallest absolute Gasteiger partial charge is 0.196 e. The minimum Gasteiger partial charge on any atom is -0.289 e. The normalized spacial score (nSPS) is 13.2. The van der Waals surface area contributed by atoms with Crippen molar-refractivity contribution in [2.45, 2.75) is 52.4 Å². The zero-order valence-electron chi connectivity index (χ0n) is 16.4. The molecule has 0 spiro atoms. The van der Waals surface area contributed by atoms with E-state index >= 15 is 0 Å². The Kier molecular flexibility index (Phi) is 4.89. The quantitative estimate of drug-likeness (QED) is 0.568. The first kappa shape index (κ1) is 18.6. The molecule has 0 radical (unpaired) electrons. The molecule has 0 saturated carbocycles. The third kappa shape index (κ3) is 3.96. The van der Waals surface area contributed by atoms with Gasteiger partial charge in [0, 0.05) is 28.4 Å². The van der Waals surface area contributed by atoms with Gasteiger partial charge in [0.15, 0.2) is 10.6 Å². The first-order valence-corrected chi connectivity index (χ1v) is 9.82. The lowest BCUT2D eigenvalue weighted by Crippen LogP contribution is -2.23. The molecule has 2 heterocycles. The monoisotopic (exact) mass is 365 g/mol. The van der Waals surface area contributed by atoms with Crippen LogP contribution in [-0.4, -0.2) is 9.55 Å². The van der Waals surface area contributed by atoms with E-state index in [0.29, 0.717) is 0 Å². The number of pyridine rings is 1. The molecule has 3 nitrogen and oxygen atoms in total. The predicted molar refractivity (Wildman–Crippen MR) is 111 cm³/mol. The van der Waals surface area contributed by atoms with E-state index in [2.05, 4.69) is 80.7 Å². The van der Waals surface area contributed by atoms with E-state index in [1.807, 2.05) is 18.2 Å². The lowest BCUT2D eigenvalue weighted by Gasteiger charge is -2.22. The van der Waals surface area contributed by atoms with Crippen molar-refractivity contribution in [1.29, 1.82) is 0 Å². The molecule has 0 atom stereocenters. The summed E-state index contributed by atoms with van der Waals surface area (Å²) < 4.78 is 2.26. The van der Waals surface area contributed by atoms with Crippen LogP contribution in [0.5, 0.6) is 0 Å². The molecule has 0 amide bonds. The third-order valence-electron chi connectivity index (χ3n) is 4.33. The van der Waals surface area contributed by atoms with Gasteiger partial charge in [-0.05, 0) is 35.2 Å². The predicted octanol–water partition coefficient (Wildman–Crippen LogP) is 5.76. The van der Waals surface area contributed by atoms with Crippen LogP contribution in [0.25, 0.3) is 5.69 Å². The number of rotatable bonds is 2. The van der Waals surface area contributed by atoms with Crippen LogP contribution < -0.4 is 4.80 Å². The van der Waals surface area contributed by atoms with Crippen LogP contribution in [0.1, 0.15) is 52.8 Å². The van der Waals surface area contributed by atoms with Gasteiger partial charge < -0.3 is 0 Å². The Morgan fingerprint density at radius 3 is 2.12 bits per heavy atom. The highest BCUT2D eigenvalue weighted by atomic mass is 32.1. The summed E-state index contributed by atoms with van der Waals surface area (Å²) >= 11 is 1.66. The second-order valence-corrected chi connectivity index (χ2v) is 9.42. The second kappa shape index (κ2) is 6.84. The number of nitrogens with zero attached hydrogens (tertiary/aromatic N) is 3. The molecule has 4 heteroatoms. The van der Waals surface area contributed by atoms with E-state index in [-0.39, 0.29) is 10.8 Å². The minimum absolute atomic E-state index is 0.0249. The first-order valence-electron chi connectivity index (χ1n) is 8.94. The van der Waals surface area contributed by atoms with E-state index < -0.39 is 0 Å². The number of hydrogen-bond acceptors (Lipinski definition) is 3. The number of aromatic nitrogens is 2. The fourth-order valence-corrected chi connectivity index (χ4v) is 3.91. The molecule has 0 fully saturated rings. The fraction of sp³-hybridized carbons (Fsp3) is 0.364. The maximum atomic E-state index is 4.79. The average Bonchev–Trinajstić information content (AvgIpc) is 2.99. The van der Waals surface area contributed by atoms with Crippen molar-refractivity contribution in [3.8, 4) is 5.69 Å². The zero-order chi connectivity index (χ0) is 18.9. The van der Waals surface area contributed by atoms with Crippen molar-refractivity contribution in [3.05, 3.63) is 70.1 Å². The van der Waals surface area contributed by atoms with Crippen LogP contribution in [0.3, 0.4) is 0 Å². The third-order valence-corrected chi connectivity index (χ3v) is 5.15. The van der Waals surface area contributed by atoms with Crippen molar-refractivity contribution >= 4 is 17.2 Å². The molecule has 0 bridgehead atoms. The van der Waals surface area contributed by atoms with Crippen molar-refractivity contribution < 1.29 is 0 Å². The first-order chi connectivity index (χ1) is 12.2. The standard InChI is InChI=1S/C22H27N3S/c1-21(2,3)16-10-12-17(13-11-16)25-18(22(4,5)6)15-26-20(25)24-19-9-7-8-14-23-19/h7-15H,1-6H3. The Bertz CT molecular complexity index is 934. The van der Waals surface area contributed by atoms with Gasteiger partial charge in [0.05, 0.1) is 0 Å². The summed E-state index contributed by atoms with van der Waals surface area (Å²) in [6.07, 6.45) is 1.78. The zero-order valence-corrected chi connectivity index (χ0v) is 17.3. The second-order valence-electron chi connectivity index (χ2n) is 8.59. The molecule has 0 N–H and O–H groups in total. The number of thiazole rings is 1. The highest BCUT2D eigenvalue weighted by Crippen LogP contribution is 2.27. The van der Waals surface area contributed by atoms with Gasteiger partial charge in [-0.3, -0.25) is 4.57 Å². The molecular formula is C22H27N3S. The van der Waals surface area contributed by atoms with Crippen LogP contribution in [0, 0.1) is 0 Å². The largest absolute Gasteiger partial charge is 0.289 e. The van der Waals surface area contributed by atoms with Crippen molar-refractivity contribution in [2.24, 2.45) is 4.99 Å². The summed E-state index contributed by atoms with van der Waals surface area (Å²) in [5, 5.41) is 2.21.